The molecule has 3 rings (SSSR count). The second-order valence-corrected chi connectivity index (χ2v) is 8.10. The second-order valence-electron chi connectivity index (χ2n) is 7.18. The van der Waals surface area contributed by atoms with Crippen LogP contribution in [0.5, 0.6) is 5.75 Å². The van der Waals surface area contributed by atoms with Crippen LogP contribution in [0.2, 0.25) is 0 Å². The Morgan fingerprint density at radius 2 is 1.78 bits per heavy atom. The van der Waals surface area contributed by atoms with E-state index in [1.807, 2.05) is 31.2 Å². The number of methoxy groups -OCH3 is 1. The minimum absolute atomic E-state index is 0.00389. The van der Waals surface area contributed by atoms with E-state index in [2.05, 4.69) is 50.4 Å². The van der Waals surface area contributed by atoms with Gasteiger partial charge in [0.15, 0.2) is 0 Å². The van der Waals surface area contributed by atoms with Crippen LogP contribution in [0.15, 0.2) is 53.0 Å². The van der Waals surface area contributed by atoms with Crippen molar-refractivity contribution in [1.29, 1.82) is 0 Å². The van der Waals surface area contributed by atoms with Crippen LogP contribution in [0.1, 0.15) is 36.9 Å². The minimum Gasteiger partial charge on any atom is -0.497 e. The molecule has 0 spiro atoms. The van der Waals surface area contributed by atoms with Gasteiger partial charge < -0.3 is 10.1 Å². The van der Waals surface area contributed by atoms with Gasteiger partial charge in [0.2, 0.25) is 5.91 Å². The molecule has 1 saturated heterocycles. The van der Waals surface area contributed by atoms with Crippen molar-refractivity contribution in [3.63, 3.8) is 0 Å². The number of carbonyl (C=O) groups excluding carboxylic acids is 1. The van der Waals surface area contributed by atoms with Gasteiger partial charge in [-0.2, -0.15) is 0 Å². The molecule has 27 heavy (non-hydrogen) atoms. The first-order valence-corrected chi connectivity index (χ1v) is 10.3. The highest BCUT2D eigenvalue weighted by atomic mass is 79.9. The van der Waals surface area contributed by atoms with Gasteiger partial charge in [-0.1, -0.05) is 40.2 Å². The maximum atomic E-state index is 12.6. The molecule has 0 radical (unpaired) electrons. The van der Waals surface area contributed by atoms with Crippen molar-refractivity contribution in [3.8, 4) is 5.75 Å². The lowest BCUT2D eigenvalue weighted by Crippen LogP contribution is -2.40. The molecule has 2 aromatic carbocycles. The zero-order valence-electron chi connectivity index (χ0n) is 16.0. The van der Waals surface area contributed by atoms with Gasteiger partial charge in [0, 0.05) is 16.9 Å². The van der Waals surface area contributed by atoms with Gasteiger partial charge in [-0.3, -0.25) is 9.69 Å². The van der Waals surface area contributed by atoms with Gasteiger partial charge in [-0.15, -0.1) is 0 Å². The van der Waals surface area contributed by atoms with E-state index in [1.54, 1.807) is 7.11 Å². The lowest BCUT2D eigenvalue weighted by Gasteiger charge is -2.32. The summed E-state index contributed by atoms with van der Waals surface area (Å²) in [6.45, 7) is 4.91. The number of ether oxygens (including phenoxy) is 1. The van der Waals surface area contributed by atoms with E-state index in [1.165, 1.54) is 5.56 Å². The molecule has 5 heteroatoms. The van der Waals surface area contributed by atoms with Crippen molar-refractivity contribution in [2.24, 2.45) is 5.92 Å². The Morgan fingerprint density at radius 1 is 1.15 bits per heavy atom. The lowest BCUT2D eigenvalue weighted by molar-refractivity contribution is -0.127. The van der Waals surface area contributed by atoms with E-state index < -0.39 is 0 Å². The number of nitrogens with one attached hydrogen (secondary N) is 1. The molecule has 0 aliphatic carbocycles. The van der Waals surface area contributed by atoms with Crippen molar-refractivity contribution in [3.05, 3.63) is 64.1 Å². The van der Waals surface area contributed by atoms with Crippen molar-refractivity contribution in [2.75, 3.05) is 20.2 Å². The fourth-order valence-corrected chi connectivity index (χ4v) is 3.77. The minimum atomic E-state index is 0.00389. The smallest absolute Gasteiger partial charge is 0.223 e. The molecule has 0 bridgehead atoms. The first kappa shape index (κ1) is 19.9. The molecule has 2 aromatic rings. The Kier molecular flexibility index (Phi) is 6.91. The summed E-state index contributed by atoms with van der Waals surface area (Å²) in [4.78, 5) is 15.1. The number of likely N-dealkylation sites (tertiary alicyclic amines) is 1. The third-order valence-corrected chi connectivity index (χ3v) is 5.78. The summed E-state index contributed by atoms with van der Waals surface area (Å²) in [7, 11) is 1.66. The predicted octanol–water partition coefficient (Wildman–Crippen LogP) is 4.55. The van der Waals surface area contributed by atoms with Gasteiger partial charge in [-0.05, 0) is 68.2 Å². The summed E-state index contributed by atoms with van der Waals surface area (Å²) in [6.07, 6.45) is 1.83. The average molecular weight is 431 g/mol. The highest BCUT2D eigenvalue weighted by Gasteiger charge is 2.26. The highest BCUT2D eigenvalue weighted by molar-refractivity contribution is 9.10. The Hall–Kier alpha value is -1.85. The van der Waals surface area contributed by atoms with Crippen LogP contribution in [0.3, 0.4) is 0 Å². The van der Waals surface area contributed by atoms with Gasteiger partial charge in [-0.25, -0.2) is 0 Å². The summed E-state index contributed by atoms with van der Waals surface area (Å²) in [5, 5.41) is 3.17. The molecule has 1 heterocycles. The Bertz CT molecular complexity index is 738. The summed E-state index contributed by atoms with van der Waals surface area (Å²) >= 11 is 3.47. The van der Waals surface area contributed by atoms with Gasteiger partial charge in [0.25, 0.3) is 0 Å². The van der Waals surface area contributed by atoms with Crippen LogP contribution >= 0.6 is 15.9 Å². The topological polar surface area (TPSA) is 41.6 Å². The van der Waals surface area contributed by atoms with E-state index in [9.17, 15) is 4.79 Å². The molecule has 0 saturated carbocycles. The zero-order chi connectivity index (χ0) is 19.2. The number of halogens is 1. The van der Waals surface area contributed by atoms with Gasteiger partial charge >= 0.3 is 0 Å². The number of piperidine rings is 1. The van der Waals surface area contributed by atoms with Crippen LogP contribution in [0, 0.1) is 5.92 Å². The summed E-state index contributed by atoms with van der Waals surface area (Å²) < 4.78 is 6.29. The summed E-state index contributed by atoms with van der Waals surface area (Å²) in [5.41, 5.74) is 2.41. The first-order chi connectivity index (χ1) is 13.0. The van der Waals surface area contributed by atoms with Crippen LogP contribution in [0.4, 0.5) is 0 Å². The quantitative estimate of drug-likeness (QED) is 0.730. The van der Waals surface area contributed by atoms with Crippen LogP contribution in [-0.2, 0) is 11.3 Å². The van der Waals surface area contributed by atoms with Crippen LogP contribution in [0.25, 0.3) is 0 Å². The van der Waals surface area contributed by atoms with Crippen LogP contribution in [-0.4, -0.2) is 31.0 Å². The lowest BCUT2D eigenvalue weighted by atomic mass is 9.95. The normalized spacial score (nSPS) is 16.7. The number of rotatable bonds is 6. The van der Waals surface area contributed by atoms with Gasteiger partial charge in [0.05, 0.1) is 13.2 Å². The molecular formula is C22H27BrN2O2. The maximum Gasteiger partial charge on any atom is 0.223 e. The SMILES string of the molecule is COc1ccc([C@@H](C)NC(=O)C2CCN(Cc3ccc(Br)cc3)CC2)cc1. The van der Waals surface area contributed by atoms with E-state index in [0.29, 0.717) is 0 Å². The fraction of sp³-hybridized carbons (Fsp3) is 0.409. The average Bonchev–Trinajstić information content (AvgIpc) is 2.70. The Morgan fingerprint density at radius 3 is 2.37 bits per heavy atom. The number of carbonyl (C=O) groups is 1. The maximum absolute atomic E-state index is 12.6. The van der Waals surface area contributed by atoms with E-state index in [-0.39, 0.29) is 17.9 Å². The first-order valence-electron chi connectivity index (χ1n) is 9.46. The molecule has 1 amide bonds. The summed E-state index contributed by atoms with van der Waals surface area (Å²) in [5.74, 6) is 1.10. The Balaban J connectivity index is 1.46. The third kappa shape index (κ3) is 5.56. The number of hydrogen-bond donors (Lipinski definition) is 1. The van der Waals surface area contributed by atoms with Gasteiger partial charge in [0.1, 0.15) is 5.75 Å². The standard InChI is InChI=1S/C22H27BrN2O2/c1-16(18-5-9-21(27-2)10-6-18)24-22(26)19-11-13-25(14-12-19)15-17-3-7-20(23)8-4-17/h3-10,16,19H,11-15H2,1-2H3,(H,24,26)/t16-/m1/s1. The second kappa shape index (κ2) is 9.38. The van der Waals surface area contributed by atoms with Crippen molar-refractivity contribution >= 4 is 21.8 Å². The molecule has 1 fully saturated rings. The highest BCUT2D eigenvalue weighted by Crippen LogP contribution is 2.22. The molecule has 4 nitrogen and oxygen atoms in total. The van der Waals surface area contributed by atoms with Crippen molar-refractivity contribution in [2.45, 2.75) is 32.4 Å². The Labute approximate surface area is 170 Å². The summed E-state index contributed by atoms with van der Waals surface area (Å²) in [6, 6.07) is 16.3. The van der Waals surface area contributed by atoms with Crippen molar-refractivity contribution < 1.29 is 9.53 Å². The largest absolute Gasteiger partial charge is 0.497 e. The molecule has 1 N–H and O–H groups in total. The molecule has 0 aromatic heterocycles. The van der Waals surface area contributed by atoms with E-state index >= 15 is 0 Å². The van der Waals surface area contributed by atoms with E-state index in [4.69, 9.17) is 4.74 Å². The molecule has 144 valence electrons. The van der Waals surface area contributed by atoms with Crippen LogP contribution < -0.4 is 10.1 Å². The number of amides is 1. The monoisotopic (exact) mass is 430 g/mol. The third-order valence-electron chi connectivity index (χ3n) is 5.25. The van der Waals surface area contributed by atoms with E-state index in [0.717, 1.165) is 48.3 Å². The zero-order valence-corrected chi connectivity index (χ0v) is 17.5. The molecule has 1 atom stereocenters. The number of nitrogens with zero attached hydrogens (tertiary/aromatic N) is 1. The van der Waals surface area contributed by atoms with Crippen molar-refractivity contribution in [1.82, 2.24) is 10.2 Å². The molecular weight excluding hydrogens is 404 g/mol. The predicted molar refractivity (Wildman–Crippen MR) is 112 cm³/mol. The molecule has 1 aliphatic rings. The molecule has 0 unspecified atom stereocenters. The molecule has 1 aliphatic heterocycles. The number of hydrogen-bond acceptors (Lipinski definition) is 3. The number of benzene rings is 2. The fourth-order valence-electron chi connectivity index (χ4n) is 3.51.